The molecule has 0 aliphatic heterocycles. The molecule has 3 aromatic heterocycles. The van der Waals surface area contributed by atoms with Gasteiger partial charge in [0.15, 0.2) is 15.7 Å². The fraction of sp³-hybridized carbons (Fsp3) is 0.353. The number of sulfone groups is 1. The first kappa shape index (κ1) is 23.1. The number of alkyl halides is 3. The highest BCUT2D eigenvalue weighted by Crippen LogP contribution is 2.33. The van der Waals surface area contributed by atoms with Gasteiger partial charge in [0, 0.05) is 13.3 Å². The number of imidazole rings is 1. The van der Waals surface area contributed by atoms with E-state index in [1.807, 2.05) is 0 Å². The summed E-state index contributed by atoms with van der Waals surface area (Å²) in [4.78, 5) is 11.5. The molecule has 0 saturated carbocycles. The fourth-order valence-electron chi connectivity index (χ4n) is 2.75. The lowest BCUT2D eigenvalue weighted by Gasteiger charge is -2.10. The van der Waals surface area contributed by atoms with Crippen LogP contribution in [-0.4, -0.2) is 51.2 Å². The molecular weight excluding hydrogens is 457 g/mol. The average molecular weight is 477 g/mol. The summed E-state index contributed by atoms with van der Waals surface area (Å²) in [5.41, 5.74) is -0.845. The molecule has 0 saturated heterocycles. The minimum Gasteiger partial charge on any atom is -0.324 e. The predicted molar refractivity (Wildman–Crippen MR) is 110 cm³/mol. The van der Waals surface area contributed by atoms with Crippen molar-refractivity contribution < 1.29 is 25.8 Å². The van der Waals surface area contributed by atoms with Gasteiger partial charge in [0.05, 0.1) is 39.8 Å². The Kier molecular flexibility index (Phi) is 5.84. The third-order valence-corrected chi connectivity index (χ3v) is 7.54. The number of halogens is 3. The molecule has 0 spiro atoms. The Morgan fingerprint density at radius 2 is 1.84 bits per heavy atom. The molecule has 0 amide bonds. The van der Waals surface area contributed by atoms with E-state index >= 15 is 0 Å². The van der Waals surface area contributed by atoms with Crippen molar-refractivity contribution in [3.63, 3.8) is 0 Å². The van der Waals surface area contributed by atoms with E-state index in [1.165, 1.54) is 44.1 Å². The molecule has 0 bridgehead atoms. The predicted octanol–water partition coefficient (Wildman–Crippen LogP) is 2.71. The fourth-order valence-corrected chi connectivity index (χ4v) is 4.39. The van der Waals surface area contributed by atoms with E-state index in [0.29, 0.717) is 0 Å². The molecule has 168 valence electrons. The van der Waals surface area contributed by atoms with Crippen molar-refractivity contribution in [1.82, 2.24) is 24.2 Å². The second-order valence-corrected chi connectivity index (χ2v) is 11.0. The summed E-state index contributed by atoms with van der Waals surface area (Å²) in [5.74, 6) is -0.219. The smallest absolute Gasteiger partial charge is 0.324 e. The minimum absolute atomic E-state index is 0.0120. The van der Waals surface area contributed by atoms with E-state index in [0.717, 1.165) is 12.3 Å². The second kappa shape index (κ2) is 7.84. The van der Waals surface area contributed by atoms with E-state index in [-0.39, 0.29) is 38.9 Å². The number of hydrogen-bond acceptors (Lipinski definition) is 7. The number of aryl methyl sites for hydroxylation is 1. The van der Waals surface area contributed by atoms with E-state index in [9.17, 15) is 25.8 Å². The van der Waals surface area contributed by atoms with Crippen molar-refractivity contribution in [2.75, 3.05) is 19.1 Å². The Morgan fingerprint density at radius 1 is 1.16 bits per heavy atom. The SMILES string of the molecule is CCS(=O)(=O)c1cc(N=S(C)(=O)NC)cnc1-c1nc2cc(C(F)(F)F)ncc2n1C. The van der Waals surface area contributed by atoms with E-state index in [2.05, 4.69) is 24.0 Å². The van der Waals surface area contributed by atoms with Crippen LogP contribution in [0.5, 0.6) is 0 Å². The molecule has 3 rings (SSSR count). The van der Waals surface area contributed by atoms with Gasteiger partial charge in [-0.3, -0.25) is 0 Å². The summed E-state index contributed by atoms with van der Waals surface area (Å²) in [6.45, 7) is 1.44. The maximum atomic E-state index is 13.0. The van der Waals surface area contributed by atoms with Gasteiger partial charge in [0.25, 0.3) is 0 Å². The molecule has 0 fully saturated rings. The molecule has 3 heterocycles. The Morgan fingerprint density at radius 3 is 2.42 bits per heavy atom. The zero-order chi connectivity index (χ0) is 23.2. The van der Waals surface area contributed by atoms with Gasteiger partial charge in [0.2, 0.25) is 0 Å². The van der Waals surface area contributed by atoms with Crippen LogP contribution in [0.4, 0.5) is 18.9 Å². The average Bonchev–Trinajstić information content (AvgIpc) is 3.03. The summed E-state index contributed by atoms with van der Waals surface area (Å²) in [5, 5.41) is 0. The number of aromatic nitrogens is 4. The Hall–Kier alpha value is -2.58. The quantitative estimate of drug-likeness (QED) is 0.605. The topological polar surface area (TPSA) is 119 Å². The monoisotopic (exact) mass is 476 g/mol. The molecule has 0 aliphatic carbocycles. The molecule has 0 radical (unpaired) electrons. The lowest BCUT2D eigenvalue weighted by molar-refractivity contribution is -0.141. The first-order valence-corrected chi connectivity index (χ1v) is 12.4. The van der Waals surface area contributed by atoms with Gasteiger partial charge in [0.1, 0.15) is 21.3 Å². The van der Waals surface area contributed by atoms with Gasteiger partial charge >= 0.3 is 6.18 Å². The van der Waals surface area contributed by atoms with Gasteiger partial charge in [-0.1, -0.05) is 6.92 Å². The van der Waals surface area contributed by atoms with Crippen LogP contribution in [0.1, 0.15) is 12.6 Å². The van der Waals surface area contributed by atoms with Crippen LogP contribution in [0.3, 0.4) is 0 Å². The summed E-state index contributed by atoms with van der Waals surface area (Å²) in [6, 6.07) is 2.01. The number of rotatable bonds is 5. The number of nitrogens with one attached hydrogen (secondary N) is 1. The third kappa shape index (κ3) is 4.55. The highest BCUT2D eigenvalue weighted by atomic mass is 32.2. The second-order valence-electron chi connectivity index (χ2n) is 6.59. The van der Waals surface area contributed by atoms with Gasteiger partial charge in [-0.2, -0.15) is 17.5 Å². The van der Waals surface area contributed by atoms with Crippen molar-refractivity contribution in [3.05, 3.63) is 30.2 Å². The van der Waals surface area contributed by atoms with Crippen LogP contribution in [0.25, 0.3) is 22.6 Å². The maximum Gasteiger partial charge on any atom is 0.433 e. The molecule has 3 aromatic rings. The summed E-state index contributed by atoms with van der Waals surface area (Å²) in [6.07, 6.45) is -1.06. The van der Waals surface area contributed by atoms with E-state index in [1.54, 1.807) is 0 Å². The normalized spacial score (nSPS) is 14.5. The van der Waals surface area contributed by atoms with Gasteiger partial charge in [-0.25, -0.2) is 32.3 Å². The molecule has 0 aliphatic rings. The van der Waals surface area contributed by atoms with Gasteiger partial charge < -0.3 is 4.57 Å². The van der Waals surface area contributed by atoms with Crippen LogP contribution >= 0.6 is 0 Å². The number of hydrogen-bond donors (Lipinski definition) is 1. The largest absolute Gasteiger partial charge is 0.433 e. The minimum atomic E-state index is -4.65. The lowest BCUT2D eigenvalue weighted by atomic mass is 10.3. The maximum absolute atomic E-state index is 13.0. The molecule has 9 nitrogen and oxygen atoms in total. The molecule has 1 atom stereocenters. The van der Waals surface area contributed by atoms with Crippen molar-refractivity contribution in [3.8, 4) is 11.5 Å². The number of pyridine rings is 2. The molecule has 0 aromatic carbocycles. The highest BCUT2D eigenvalue weighted by molar-refractivity contribution is 7.91. The van der Waals surface area contributed by atoms with E-state index < -0.39 is 31.6 Å². The summed E-state index contributed by atoms with van der Waals surface area (Å²) >= 11 is 0. The standard InChI is InChI=1S/C17H19F3N6O3S2/c1-5-31(28,29)13-6-10(25-30(4,27)21-2)8-23-15(13)16-24-11-7-14(17(18,19)20)22-9-12(11)26(16)3/h6-9H,5H2,1-4H3,(H,21,25,27). The van der Waals surface area contributed by atoms with Crippen molar-refractivity contribution in [2.24, 2.45) is 11.4 Å². The Labute approximate surface area is 177 Å². The van der Waals surface area contributed by atoms with Gasteiger partial charge in [-0.05, 0) is 19.2 Å². The zero-order valence-electron chi connectivity index (χ0n) is 16.9. The lowest BCUT2D eigenvalue weighted by Crippen LogP contribution is -2.15. The molecule has 1 unspecified atom stereocenters. The first-order chi connectivity index (χ1) is 14.3. The van der Waals surface area contributed by atoms with Crippen LogP contribution in [0.15, 0.2) is 33.8 Å². The molecule has 14 heteroatoms. The molecular formula is C17H19F3N6O3S2. The summed E-state index contributed by atoms with van der Waals surface area (Å²) < 4.78 is 84.6. The Balaban J connectivity index is 2.29. The van der Waals surface area contributed by atoms with Crippen molar-refractivity contribution in [1.29, 1.82) is 0 Å². The van der Waals surface area contributed by atoms with Gasteiger partial charge in [-0.15, -0.1) is 0 Å². The zero-order valence-corrected chi connectivity index (χ0v) is 18.6. The first-order valence-electron chi connectivity index (χ1n) is 8.82. The van der Waals surface area contributed by atoms with Crippen molar-refractivity contribution in [2.45, 2.75) is 18.0 Å². The highest BCUT2D eigenvalue weighted by Gasteiger charge is 2.33. The van der Waals surface area contributed by atoms with Crippen LogP contribution in [0.2, 0.25) is 0 Å². The number of nitrogens with zero attached hydrogens (tertiary/aromatic N) is 5. The number of fused-ring (bicyclic) bond motifs is 1. The third-order valence-electron chi connectivity index (χ3n) is 4.48. The molecule has 1 N–H and O–H groups in total. The van der Waals surface area contributed by atoms with Crippen LogP contribution < -0.4 is 4.72 Å². The summed E-state index contributed by atoms with van der Waals surface area (Å²) in [7, 11) is -3.68. The Bertz CT molecular complexity index is 1390. The van der Waals surface area contributed by atoms with Crippen LogP contribution in [0, 0.1) is 0 Å². The van der Waals surface area contributed by atoms with Crippen LogP contribution in [-0.2, 0) is 33.0 Å². The molecule has 31 heavy (non-hydrogen) atoms. The van der Waals surface area contributed by atoms with Crippen molar-refractivity contribution >= 4 is 36.5 Å². The van der Waals surface area contributed by atoms with E-state index in [4.69, 9.17) is 0 Å².